The summed E-state index contributed by atoms with van der Waals surface area (Å²) in [6.45, 7) is 1.11. The zero-order chi connectivity index (χ0) is 10.8. The average molecular weight is 211 g/mol. The highest BCUT2D eigenvalue weighted by molar-refractivity contribution is 5.34. The van der Waals surface area contributed by atoms with Crippen molar-refractivity contribution >= 4 is 0 Å². The molecule has 1 aromatic carbocycles. The predicted molar refractivity (Wildman–Crippen MR) is 67.3 cm³/mol. The van der Waals surface area contributed by atoms with Crippen LogP contribution in [0.5, 0.6) is 0 Å². The van der Waals surface area contributed by atoms with Crippen LogP contribution in [0.3, 0.4) is 0 Å². The van der Waals surface area contributed by atoms with Crippen molar-refractivity contribution in [3.8, 4) is 0 Å². The number of fused-ring (bicyclic) bond motifs is 1. The number of rotatable bonds is 1. The molecule has 0 radical (unpaired) electrons. The van der Waals surface area contributed by atoms with Gasteiger partial charge in [0.1, 0.15) is 0 Å². The first-order valence-corrected chi connectivity index (χ1v) is 6.09. The van der Waals surface area contributed by atoms with Crippen LogP contribution >= 0.6 is 0 Å². The number of allylic oxidation sites excluding steroid dienone is 3. The SMILES string of the molecule is C1=CC[C@H](C2NCCc3ccccc32)C=C1. The molecule has 0 fully saturated rings. The second kappa shape index (κ2) is 4.26. The largest absolute Gasteiger partial charge is 0.309 e. The van der Waals surface area contributed by atoms with Gasteiger partial charge >= 0.3 is 0 Å². The highest BCUT2D eigenvalue weighted by Crippen LogP contribution is 2.32. The Kier molecular flexibility index (Phi) is 2.63. The Balaban J connectivity index is 1.92. The summed E-state index contributed by atoms with van der Waals surface area (Å²) < 4.78 is 0. The van der Waals surface area contributed by atoms with E-state index in [1.54, 1.807) is 0 Å². The molecule has 1 N–H and O–H groups in total. The fraction of sp³-hybridized carbons (Fsp3) is 0.333. The molecule has 16 heavy (non-hydrogen) atoms. The van der Waals surface area contributed by atoms with E-state index in [0.717, 1.165) is 13.0 Å². The lowest BCUT2D eigenvalue weighted by molar-refractivity contribution is 0.403. The Hall–Kier alpha value is -1.34. The van der Waals surface area contributed by atoms with Crippen molar-refractivity contribution < 1.29 is 0 Å². The monoisotopic (exact) mass is 211 g/mol. The smallest absolute Gasteiger partial charge is 0.0389 e. The van der Waals surface area contributed by atoms with Crippen LogP contribution in [0.25, 0.3) is 0 Å². The molecule has 1 unspecified atom stereocenters. The molecule has 1 aromatic rings. The lowest BCUT2D eigenvalue weighted by Gasteiger charge is -2.32. The Morgan fingerprint density at radius 3 is 2.94 bits per heavy atom. The summed E-state index contributed by atoms with van der Waals surface area (Å²) in [5.74, 6) is 0.617. The summed E-state index contributed by atoms with van der Waals surface area (Å²) in [5, 5.41) is 3.66. The molecule has 0 bridgehead atoms. The third-order valence-corrected chi connectivity index (χ3v) is 3.59. The maximum atomic E-state index is 3.66. The Morgan fingerprint density at radius 2 is 2.06 bits per heavy atom. The maximum Gasteiger partial charge on any atom is 0.0389 e. The zero-order valence-corrected chi connectivity index (χ0v) is 9.39. The fourth-order valence-electron chi connectivity index (χ4n) is 2.77. The zero-order valence-electron chi connectivity index (χ0n) is 9.39. The second-order valence-electron chi connectivity index (χ2n) is 4.59. The van der Waals surface area contributed by atoms with Crippen LogP contribution in [0.2, 0.25) is 0 Å². The van der Waals surface area contributed by atoms with E-state index in [9.17, 15) is 0 Å². The number of benzene rings is 1. The molecule has 0 aromatic heterocycles. The summed E-state index contributed by atoms with van der Waals surface area (Å²) in [5.41, 5.74) is 3.02. The van der Waals surface area contributed by atoms with Gasteiger partial charge < -0.3 is 5.32 Å². The Bertz CT molecular complexity index is 431. The van der Waals surface area contributed by atoms with Gasteiger partial charge in [-0.05, 0) is 30.5 Å². The first-order chi connectivity index (χ1) is 7.95. The van der Waals surface area contributed by atoms with Crippen molar-refractivity contribution in [2.45, 2.75) is 18.9 Å². The van der Waals surface area contributed by atoms with Gasteiger partial charge in [0.15, 0.2) is 0 Å². The highest BCUT2D eigenvalue weighted by Gasteiger charge is 2.25. The van der Waals surface area contributed by atoms with Gasteiger partial charge in [-0.2, -0.15) is 0 Å². The normalized spacial score (nSPS) is 27.8. The van der Waals surface area contributed by atoms with Crippen LogP contribution in [-0.4, -0.2) is 6.54 Å². The number of nitrogens with one attached hydrogen (secondary N) is 1. The van der Waals surface area contributed by atoms with E-state index in [4.69, 9.17) is 0 Å². The van der Waals surface area contributed by atoms with Gasteiger partial charge in [-0.25, -0.2) is 0 Å². The van der Waals surface area contributed by atoms with Crippen molar-refractivity contribution in [3.63, 3.8) is 0 Å². The summed E-state index contributed by atoms with van der Waals surface area (Å²) in [6, 6.07) is 9.36. The van der Waals surface area contributed by atoms with Crippen LogP contribution in [0.15, 0.2) is 48.6 Å². The third-order valence-electron chi connectivity index (χ3n) is 3.59. The van der Waals surface area contributed by atoms with Gasteiger partial charge in [0, 0.05) is 12.0 Å². The third kappa shape index (κ3) is 1.72. The molecule has 82 valence electrons. The van der Waals surface area contributed by atoms with Gasteiger partial charge in [-0.1, -0.05) is 48.6 Å². The van der Waals surface area contributed by atoms with Crippen molar-refractivity contribution in [2.75, 3.05) is 6.54 Å². The van der Waals surface area contributed by atoms with Gasteiger partial charge in [0.05, 0.1) is 0 Å². The lowest BCUT2D eigenvalue weighted by atomic mass is 9.83. The highest BCUT2D eigenvalue weighted by atomic mass is 14.9. The lowest BCUT2D eigenvalue weighted by Crippen LogP contribution is -2.34. The molecule has 0 amide bonds. The Labute approximate surface area is 96.9 Å². The molecular formula is C15H17N. The van der Waals surface area contributed by atoms with Crippen molar-refractivity contribution in [3.05, 3.63) is 59.7 Å². The second-order valence-corrected chi connectivity index (χ2v) is 4.59. The van der Waals surface area contributed by atoms with Crippen LogP contribution < -0.4 is 5.32 Å². The Morgan fingerprint density at radius 1 is 1.12 bits per heavy atom. The predicted octanol–water partition coefficient (Wildman–Crippen LogP) is 3.01. The number of hydrogen-bond donors (Lipinski definition) is 1. The van der Waals surface area contributed by atoms with E-state index in [2.05, 4.69) is 53.9 Å². The van der Waals surface area contributed by atoms with Crippen LogP contribution in [0.1, 0.15) is 23.6 Å². The maximum absolute atomic E-state index is 3.66. The molecule has 0 spiro atoms. The van der Waals surface area contributed by atoms with E-state index < -0.39 is 0 Å². The van der Waals surface area contributed by atoms with Gasteiger partial charge in [-0.15, -0.1) is 0 Å². The minimum absolute atomic E-state index is 0.506. The summed E-state index contributed by atoms with van der Waals surface area (Å²) >= 11 is 0. The molecule has 1 heteroatoms. The van der Waals surface area contributed by atoms with Crippen molar-refractivity contribution in [1.82, 2.24) is 5.32 Å². The minimum atomic E-state index is 0.506. The molecule has 0 saturated carbocycles. The number of hydrogen-bond acceptors (Lipinski definition) is 1. The van der Waals surface area contributed by atoms with E-state index in [-0.39, 0.29) is 0 Å². The molecule has 1 aliphatic heterocycles. The summed E-state index contributed by atoms with van der Waals surface area (Å²) in [4.78, 5) is 0. The molecule has 1 heterocycles. The quantitative estimate of drug-likeness (QED) is 0.753. The summed E-state index contributed by atoms with van der Waals surface area (Å²) in [6.07, 6.45) is 11.2. The van der Waals surface area contributed by atoms with Gasteiger partial charge in [0.2, 0.25) is 0 Å². The van der Waals surface area contributed by atoms with E-state index in [0.29, 0.717) is 12.0 Å². The topological polar surface area (TPSA) is 12.0 Å². The fourth-order valence-corrected chi connectivity index (χ4v) is 2.77. The standard InChI is InChI=1S/C15H17N/c1-2-7-13(8-3-1)15-14-9-5-4-6-12(14)10-11-16-15/h1-7,9,13,15-16H,8,10-11H2/t13-,15?/m1/s1. The molecule has 2 aliphatic rings. The van der Waals surface area contributed by atoms with Crippen molar-refractivity contribution in [2.24, 2.45) is 5.92 Å². The van der Waals surface area contributed by atoms with Gasteiger partial charge in [0.25, 0.3) is 0 Å². The first kappa shape index (κ1) is 9.86. The van der Waals surface area contributed by atoms with E-state index >= 15 is 0 Å². The van der Waals surface area contributed by atoms with Crippen LogP contribution in [0.4, 0.5) is 0 Å². The molecule has 1 nitrogen and oxygen atoms in total. The van der Waals surface area contributed by atoms with Crippen molar-refractivity contribution in [1.29, 1.82) is 0 Å². The van der Waals surface area contributed by atoms with Crippen LogP contribution in [0, 0.1) is 5.92 Å². The first-order valence-electron chi connectivity index (χ1n) is 6.09. The summed E-state index contributed by atoms with van der Waals surface area (Å²) in [7, 11) is 0. The molecule has 0 saturated heterocycles. The molecule has 1 aliphatic carbocycles. The minimum Gasteiger partial charge on any atom is -0.309 e. The molecular weight excluding hydrogens is 194 g/mol. The van der Waals surface area contributed by atoms with Gasteiger partial charge in [-0.3, -0.25) is 0 Å². The van der Waals surface area contributed by atoms with E-state index in [1.165, 1.54) is 17.5 Å². The van der Waals surface area contributed by atoms with Crippen LogP contribution in [-0.2, 0) is 6.42 Å². The molecule has 3 rings (SSSR count). The molecule has 2 atom stereocenters. The average Bonchev–Trinajstić information content (AvgIpc) is 2.39. The van der Waals surface area contributed by atoms with E-state index in [1.807, 2.05) is 0 Å².